The molecule has 2 aromatic carbocycles. The smallest absolute Gasteiger partial charge is 0.278 e. The summed E-state index contributed by atoms with van der Waals surface area (Å²) in [4.78, 5) is 39.7. The van der Waals surface area contributed by atoms with Crippen molar-refractivity contribution in [3.05, 3.63) is 62.9 Å². The van der Waals surface area contributed by atoms with Crippen LogP contribution in [-0.4, -0.2) is 32.2 Å². The molecule has 8 nitrogen and oxygen atoms in total. The third kappa shape index (κ3) is 5.87. The highest BCUT2D eigenvalue weighted by atomic mass is 32.2. The quantitative estimate of drug-likeness (QED) is 0.471. The van der Waals surface area contributed by atoms with Gasteiger partial charge >= 0.3 is 0 Å². The van der Waals surface area contributed by atoms with Gasteiger partial charge in [-0.3, -0.25) is 19.4 Å². The zero-order valence-electron chi connectivity index (χ0n) is 19.5. The Morgan fingerprint density at radius 1 is 0.970 bits per heavy atom. The summed E-state index contributed by atoms with van der Waals surface area (Å²) < 4.78 is 0. The van der Waals surface area contributed by atoms with Crippen molar-refractivity contribution < 1.29 is 9.59 Å². The predicted octanol–water partition coefficient (Wildman–Crippen LogP) is 4.14. The number of hydrogen-bond acceptors (Lipinski definition) is 6. The number of carbonyl (C=O) groups excluding carboxylic acids is 2. The molecule has 3 aromatic rings. The van der Waals surface area contributed by atoms with Gasteiger partial charge in [0.1, 0.15) is 0 Å². The summed E-state index contributed by atoms with van der Waals surface area (Å²) in [5.41, 5.74) is 5.40. The summed E-state index contributed by atoms with van der Waals surface area (Å²) in [6, 6.07) is 9.35. The minimum absolute atomic E-state index is 0.0924. The first-order valence-electron chi connectivity index (χ1n) is 10.5. The van der Waals surface area contributed by atoms with Gasteiger partial charge in [0.2, 0.25) is 11.8 Å². The normalized spacial score (nSPS) is 11.7. The van der Waals surface area contributed by atoms with E-state index in [4.69, 9.17) is 0 Å². The fraction of sp³-hybridized carbons (Fsp3) is 0.292. The highest BCUT2D eigenvalue weighted by Gasteiger charge is 2.19. The molecule has 0 aliphatic rings. The van der Waals surface area contributed by atoms with Crippen molar-refractivity contribution in [1.29, 1.82) is 0 Å². The first-order valence-corrected chi connectivity index (χ1v) is 11.3. The summed E-state index contributed by atoms with van der Waals surface area (Å²) >= 11 is 1.11. The molecule has 0 aliphatic carbocycles. The van der Waals surface area contributed by atoms with Crippen LogP contribution >= 0.6 is 11.8 Å². The summed E-state index contributed by atoms with van der Waals surface area (Å²) in [6.07, 6.45) is 0. The number of hydrogen-bond donors (Lipinski definition) is 3. The van der Waals surface area contributed by atoms with Gasteiger partial charge in [-0.05, 0) is 57.9 Å². The lowest BCUT2D eigenvalue weighted by atomic mass is 10.1. The van der Waals surface area contributed by atoms with E-state index in [0.717, 1.165) is 39.7 Å². The molecule has 0 bridgehead atoms. The van der Waals surface area contributed by atoms with E-state index in [9.17, 15) is 14.4 Å². The van der Waals surface area contributed by atoms with Crippen molar-refractivity contribution in [2.24, 2.45) is 0 Å². The topological polar surface area (TPSA) is 117 Å². The molecule has 1 aromatic heterocycles. The van der Waals surface area contributed by atoms with Crippen LogP contribution in [0.4, 0.5) is 11.4 Å². The second-order valence-corrected chi connectivity index (χ2v) is 9.39. The standard InChI is InChI=1S/C24H27N5O3S/c1-12-7-8-19(25-17(6)30)18(11-12)21-23(32)27-24(29-28-21)33-16(5)22(31)26-20-14(3)9-13(2)10-15(20)4/h7-11,16H,1-6H3,(H,25,30)(H,26,31)(H,27,29,32). The van der Waals surface area contributed by atoms with Crippen molar-refractivity contribution in [1.82, 2.24) is 15.2 Å². The highest BCUT2D eigenvalue weighted by molar-refractivity contribution is 8.00. The predicted molar refractivity (Wildman–Crippen MR) is 132 cm³/mol. The maximum Gasteiger partial charge on any atom is 0.278 e. The summed E-state index contributed by atoms with van der Waals surface area (Å²) in [5.74, 6) is -0.455. The fourth-order valence-corrected chi connectivity index (χ4v) is 4.27. The number of anilines is 2. The van der Waals surface area contributed by atoms with E-state index >= 15 is 0 Å². The van der Waals surface area contributed by atoms with Crippen molar-refractivity contribution in [2.75, 3.05) is 10.6 Å². The molecule has 0 spiro atoms. The largest absolute Gasteiger partial charge is 0.326 e. The van der Waals surface area contributed by atoms with Crippen molar-refractivity contribution in [3.8, 4) is 11.3 Å². The molecule has 1 unspecified atom stereocenters. The number of aromatic amines is 1. The van der Waals surface area contributed by atoms with Crippen molar-refractivity contribution >= 4 is 35.0 Å². The van der Waals surface area contributed by atoms with E-state index in [0.29, 0.717) is 11.3 Å². The van der Waals surface area contributed by atoms with Gasteiger partial charge in [-0.15, -0.1) is 10.2 Å². The van der Waals surface area contributed by atoms with Crippen LogP contribution in [0, 0.1) is 27.7 Å². The summed E-state index contributed by atoms with van der Waals surface area (Å²) in [5, 5.41) is 13.6. The number of rotatable bonds is 6. The maximum absolute atomic E-state index is 12.8. The molecule has 0 radical (unpaired) electrons. The molecule has 0 saturated heterocycles. The average molecular weight is 466 g/mol. The van der Waals surface area contributed by atoms with E-state index in [2.05, 4.69) is 25.8 Å². The monoisotopic (exact) mass is 465 g/mol. The van der Waals surface area contributed by atoms with Crippen LogP contribution in [0.5, 0.6) is 0 Å². The second kappa shape index (κ2) is 9.99. The Bertz CT molecular complexity index is 1260. The van der Waals surface area contributed by atoms with Crippen LogP contribution in [0.2, 0.25) is 0 Å². The van der Waals surface area contributed by atoms with Crippen LogP contribution in [0.25, 0.3) is 11.3 Å². The summed E-state index contributed by atoms with van der Waals surface area (Å²) in [7, 11) is 0. The number of nitrogens with zero attached hydrogens (tertiary/aromatic N) is 2. The van der Waals surface area contributed by atoms with Gasteiger partial charge in [-0.2, -0.15) is 0 Å². The number of carbonyl (C=O) groups is 2. The molecule has 172 valence electrons. The van der Waals surface area contributed by atoms with Crippen molar-refractivity contribution in [3.63, 3.8) is 0 Å². The number of nitrogens with one attached hydrogen (secondary N) is 3. The molecule has 3 rings (SSSR count). The first kappa shape index (κ1) is 24.2. The first-order chi connectivity index (χ1) is 15.5. The Labute approximate surface area is 196 Å². The van der Waals surface area contributed by atoms with E-state index in [1.807, 2.05) is 45.9 Å². The highest BCUT2D eigenvalue weighted by Crippen LogP contribution is 2.27. The SMILES string of the molecule is CC(=O)Nc1ccc(C)cc1-c1nnc(SC(C)C(=O)Nc2c(C)cc(C)cc2C)[nH]c1=O. The van der Waals surface area contributed by atoms with Crippen LogP contribution in [0.15, 0.2) is 40.3 Å². The van der Waals surface area contributed by atoms with Crippen LogP contribution in [-0.2, 0) is 9.59 Å². The number of benzene rings is 2. The van der Waals surface area contributed by atoms with Crippen LogP contribution < -0.4 is 16.2 Å². The lowest BCUT2D eigenvalue weighted by Gasteiger charge is -2.16. The van der Waals surface area contributed by atoms with E-state index < -0.39 is 10.8 Å². The van der Waals surface area contributed by atoms with E-state index in [-0.39, 0.29) is 22.7 Å². The van der Waals surface area contributed by atoms with Crippen LogP contribution in [0.3, 0.4) is 0 Å². The Morgan fingerprint density at radius 2 is 1.64 bits per heavy atom. The summed E-state index contributed by atoms with van der Waals surface area (Å²) in [6.45, 7) is 10.9. The molecule has 2 amide bonds. The van der Waals surface area contributed by atoms with Crippen molar-refractivity contribution in [2.45, 2.75) is 51.9 Å². The number of amides is 2. The van der Waals surface area contributed by atoms with Gasteiger partial charge in [0.05, 0.1) is 10.9 Å². The molecular formula is C24H27N5O3S. The number of aryl methyl sites for hydroxylation is 4. The molecule has 1 atom stereocenters. The van der Waals surface area contributed by atoms with Gasteiger partial charge in [-0.1, -0.05) is 41.1 Å². The molecule has 0 aliphatic heterocycles. The minimum Gasteiger partial charge on any atom is -0.326 e. The molecule has 33 heavy (non-hydrogen) atoms. The molecule has 9 heteroatoms. The lowest BCUT2D eigenvalue weighted by molar-refractivity contribution is -0.115. The van der Waals surface area contributed by atoms with Gasteiger partial charge in [-0.25, -0.2) is 0 Å². The molecule has 3 N–H and O–H groups in total. The number of thioether (sulfide) groups is 1. The molecule has 1 heterocycles. The second-order valence-electron chi connectivity index (χ2n) is 8.06. The van der Waals surface area contributed by atoms with Gasteiger partial charge in [0.15, 0.2) is 10.9 Å². The maximum atomic E-state index is 12.8. The third-order valence-electron chi connectivity index (χ3n) is 5.00. The number of H-pyrrole nitrogens is 1. The lowest BCUT2D eigenvalue weighted by Crippen LogP contribution is -2.24. The third-order valence-corrected chi connectivity index (χ3v) is 5.97. The van der Waals surface area contributed by atoms with E-state index in [1.54, 1.807) is 19.1 Å². The van der Waals surface area contributed by atoms with Crippen LogP contribution in [0.1, 0.15) is 36.1 Å². The Hall–Kier alpha value is -3.46. The van der Waals surface area contributed by atoms with Gasteiger partial charge in [0.25, 0.3) is 5.56 Å². The van der Waals surface area contributed by atoms with E-state index in [1.165, 1.54) is 6.92 Å². The minimum atomic E-state index is -0.519. The average Bonchev–Trinajstić information content (AvgIpc) is 2.71. The Morgan fingerprint density at radius 3 is 2.24 bits per heavy atom. The van der Waals surface area contributed by atoms with Gasteiger partial charge < -0.3 is 10.6 Å². The number of aromatic nitrogens is 3. The molecular weight excluding hydrogens is 438 g/mol. The van der Waals surface area contributed by atoms with Gasteiger partial charge in [0, 0.05) is 18.2 Å². The zero-order chi connectivity index (χ0) is 24.3. The molecule has 0 saturated carbocycles. The fourth-order valence-electron chi connectivity index (χ4n) is 3.53. The molecule has 0 fully saturated rings. The zero-order valence-corrected chi connectivity index (χ0v) is 20.3. The Kier molecular flexibility index (Phi) is 7.33. The Balaban J connectivity index is 1.80.